The molecule has 2 unspecified atom stereocenters. The van der Waals surface area contributed by atoms with E-state index in [9.17, 15) is 4.79 Å². The highest BCUT2D eigenvalue weighted by Crippen LogP contribution is 2.32. The van der Waals surface area contributed by atoms with E-state index >= 15 is 0 Å². The molecule has 2 aliphatic heterocycles. The molecule has 1 aromatic carbocycles. The molecule has 2 aliphatic rings. The van der Waals surface area contributed by atoms with Gasteiger partial charge in [0.05, 0.1) is 5.56 Å². The number of anilines is 1. The Hall–Kier alpha value is -1.56. The first-order chi connectivity index (χ1) is 13.1. The van der Waals surface area contributed by atoms with Crippen molar-refractivity contribution in [3.8, 4) is 0 Å². The van der Waals surface area contributed by atoms with E-state index in [1.165, 1.54) is 0 Å². The maximum Gasteiger partial charge on any atom is 0.254 e. The Bertz CT molecular complexity index is 781. The number of amides is 1. The highest BCUT2D eigenvalue weighted by Gasteiger charge is 2.41. The molecule has 2 aromatic rings. The topological polar surface area (TPSA) is 35.6 Å². The molecular weight excluding hydrogens is 378 g/mol. The van der Waals surface area contributed by atoms with Gasteiger partial charge in [0.15, 0.2) is 0 Å². The van der Waals surface area contributed by atoms with Crippen molar-refractivity contribution < 1.29 is 4.79 Å². The molecule has 1 amide bonds. The van der Waals surface area contributed by atoms with E-state index in [-0.39, 0.29) is 5.91 Å². The number of benzene rings is 1. The Morgan fingerprint density at radius 3 is 2.67 bits per heavy atom. The molecule has 0 radical (unpaired) electrons. The van der Waals surface area contributed by atoms with E-state index in [0.29, 0.717) is 11.8 Å². The van der Waals surface area contributed by atoms with Crippen molar-refractivity contribution in [3.05, 3.63) is 51.2 Å². The van der Waals surface area contributed by atoms with Crippen molar-refractivity contribution in [2.45, 2.75) is 13.3 Å². The maximum atomic E-state index is 12.5. The highest BCUT2D eigenvalue weighted by atomic mass is 35.5. The smallest absolute Gasteiger partial charge is 0.254 e. The van der Waals surface area contributed by atoms with Crippen LogP contribution in [-0.4, -0.2) is 55.0 Å². The molecule has 0 spiro atoms. The summed E-state index contributed by atoms with van der Waals surface area (Å²) in [7, 11) is 0. The second kappa shape index (κ2) is 8.21. The summed E-state index contributed by atoms with van der Waals surface area (Å²) in [5, 5.41) is 8.21. The van der Waals surface area contributed by atoms with Crippen molar-refractivity contribution in [2.75, 3.05) is 44.6 Å². The number of likely N-dealkylation sites (tertiary alicyclic amines) is 2. The molecular formula is C21H26ClN3OS. The van der Waals surface area contributed by atoms with Crippen molar-refractivity contribution in [1.82, 2.24) is 9.80 Å². The van der Waals surface area contributed by atoms with Gasteiger partial charge in [-0.2, -0.15) is 11.3 Å². The third-order valence-electron chi connectivity index (χ3n) is 5.77. The first-order valence-electron chi connectivity index (χ1n) is 9.64. The first-order valence-corrected chi connectivity index (χ1v) is 11.0. The molecule has 1 N–H and O–H groups in total. The zero-order valence-corrected chi connectivity index (χ0v) is 17.2. The molecule has 4 rings (SSSR count). The summed E-state index contributed by atoms with van der Waals surface area (Å²) in [6.07, 6.45) is 1.11. The van der Waals surface area contributed by atoms with Crippen molar-refractivity contribution >= 4 is 34.5 Å². The van der Waals surface area contributed by atoms with Gasteiger partial charge in [0.2, 0.25) is 0 Å². The minimum absolute atomic E-state index is 0.207. The zero-order valence-electron chi connectivity index (χ0n) is 15.7. The van der Waals surface area contributed by atoms with Gasteiger partial charge in [0, 0.05) is 48.8 Å². The van der Waals surface area contributed by atoms with Gasteiger partial charge in [-0.25, -0.2) is 0 Å². The molecule has 6 heteroatoms. The molecule has 2 saturated heterocycles. The Balaban J connectivity index is 1.18. The van der Waals surface area contributed by atoms with Gasteiger partial charge in [-0.15, -0.1) is 0 Å². The number of rotatable bonds is 6. The number of aryl methyl sites for hydroxylation is 1. The molecule has 0 saturated carbocycles. The van der Waals surface area contributed by atoms with E-state index in [1.54, 1.807) is 11.3 Å². The van der Waals surface area contributed by atoms with Gasteiger partial charge in [-0.05, 0) is 60.9 Å². The van der Waals surface area contributed by atoms with Crippen LogP contribution in [0.1, 0.15) is 22.3 Å². The third-order valence-corrected chi connectivity index (χ3v) is 6.86. The molecule has 0 aliphatic carbocycles. The lowest BCUT2D eigenvalue weighted by molar-refractivity contribution is 0.0774. The minimum atomic E-state index is 0.207. The second-order valence-corrected chi connectivity index (χ2v) is 8.93. The predicted molar refractivity (Wildman–Crippen MR) is 113 cm³/mol. The Kier molecular flexibility index (Phi) is 5.71. The van der Waals surface area contributed by atoms with Crippen LogP contribution < -0.4 is 5.32 Å². The molecule has 27 heavy (non-hydrogen) atoms. The van der Waals surface area contributed by atoms with Crippen LogP contribution in [0.5, 0.6) is 0 Å². The average Bonchev–Trinajstić information content (AvgIpc) is 3.37. The van der Waals surface area contributed by atoms with Crippen LogP contribution in [0.4, 0.5) is 5.69 Å². The van der Waals surface area contributed by atoms with Gasteiger partial charge in [0.1, 0.15) is 0 Å². The summed E-state index contributed by atoms with van der Waals surface area (Å²) in [4.78, 5) is 17.1. The second-order valence-electron chi connectivity index (χ2n) is 7.75. The Labute approximate surface area is 170 Å². The molecule has 2 atom stereocenters. The van der Waals surface area contributed by atoms with Crippen LogP contribution in [0.2, 0.25) is 5.02 Å². The number of carbonyl (C=O) groups excluding carboxylic acids is 1. The molecule has 0 bridgehead atoms. The van der Waals surface area contributed by atoms with Crippen molar-refractivity contribution in [3.63, 3.8) is 0 Å². The largest absolute Gasteiger partial charge is 0.385 e. The number of carbonyl (C=O) groups is 1. The molecule has 3 heterocycles. The Morgan fingerprint density at radius 2 is 2.00 bits per heavy atom. The average molecular weight is 404 g/mol. The quantitative estimate of drug-likeness (QED) is 0.733. The van der Waals surface area contributed by atoms with Gasteiger partial charge < -0.3 is 15.1 Å². The lowest BCUT2D eigenvalue weighted by Gasteiger charge is -2.21. The Morgan fingerprint density at radius 1 is 1.22 bits per heavy atom. The summed E-state index contributed by atoms with van der Waals surface area (Å²) in [6, 6.07) is 8.06. The van der Waals surface area contributed by atoms with Gasteiger partial charge in [-0.1, -0.05) is 17.7 Å². The SMILES string of the molecule is Cc1ccc(NCCCN2CC3CN(C(=O)c4ccsc4)CC3C2)cc1Cl. The summed E-state index contributed by atoms with van der Waals surface area (Å²) in [5.74, 6) is 1.48. The monoisotopic (exact) mass is 403 g/mol. The minimum Gasteiger partial charge on any atom is -0.385 e. The van der Waals surface area contributed by atoms with Crippen LogP contribution in [-0.2, 0) is 0 Å². The number of hydrogen-bond donors (Lipinski definition) is 1. The molecule has 4 nitrogen and oxygen atoms in total. The van der Waals surface area contributed by atoms with Crippen molar-refractivity contribution in [1.29, 1.82) is 0 Å². The molecule has 1 aromatic heterocycles. The summed E-state index contributed by atoms with van der Waals surface area (Å²) < 4.78 is 0. The van der Waals surface area contributed by atoms with E-state index in [2.05, 4.69) is 27.2 Å². The maximum absolute atomic E-state index is 12.5. The standard InChI is InChI=1S/C21H26ClN3OS/c1-15-3-4-19(9-20(15)22)23-6-2-7-24-10-17-12-25(13-18(17)11-24)21(26)16-5-8-27-14-16/h3-5,8-9,14,17-18,23H,2,6-7,10-13H2,1H3. The van der Waals surface area contributed by atoms with Crippen LogP contribution in [0.25, 0.3) is 0 Å². The fourth-order valence-corrected chi connectivity index (χ4v) is 5.06. The third kappa shape index (κ3) is 4.31. The summed E-state index contributed by atoms with van der Waals surface area (Å²) >= 11 is 7.77. The van der Waals surface area contributed by atoms with Crippen LogP contribution >= 0.6 is 22.9 Å². The lowest BCUT2D eigenvalue weighted by atomic mass is 10.0. The lowest BCUT2D eigenvalue weighted by Crippen LogP contribution is -2.33. The number of halogens is 1. The number of nitrogens with zero attached hydrogens (tertiary/aromatic N) is 2. The van der Waals surface area contributed by atoms with E-state index in [0.717, 1.165) is 67.5 Å². The van der Waals surface area contributed by atoms with Crippen LogP contribution in [0.15, 0.2) is 35.0 Å². The fraction of sp³-hybridized carbons (Fsp3) is 0.476. The number of thiophene rings is 1. The number of fused-ring (bicyclic) bond motifs is 1. The normalized spacial score (nSPS) is 22.2. The van der Waals surface area contributed by atoms with E-state index < -0.39 is 0 Å². The van der Waals surface area contributed by atoms with Gasteiger partial charge >= 0.3 is 0 Å². The predicted octanol–water partition coefficient (Wildman–Crippen LogP) is 4.22. The number of nitrogens with one attached hydrogen (secondary N) is 1. The summed E-state index contributed by atoms with van der Waals surface area (Å²) in [5.41, 5.74) is 3.04. The van der Waals surface area contributed by atoms with E-state index in [4.69, 9.17) is 11.6 Å². The molecule has 2 fully saturated rings. The van der Waals surface area contributed by atoms with Crippen LogP contribution in [0.3, 0.4) is 0 Å². The van der Waals surface area contributed by atoms with Crippen molar-refractivity contribution in [2.24, 2.45) is 11.8 Å². The molecule has 144 valence electrons. The van der Waals surface area contributed by atoms with Gasteiger partial charge in [0.25, 0.3) is 5.91 Å². The van der Waals surface area contributed by atoms with Gasteiger partial charge in [-0.3, -0.25) is 4.79 Å². The van der Waals surface area contributed by atoms with Crippen LogP contribution in [0, 0.1) is 18.8 Å². The fourth-order valence-electron chi connectivity index (χ4n) is 4.25. The summed E-state index contributed by atoms with van der Waals surface area (Å²) in [6.45, 7) is 8.15. The zero-order chi connectivity index (χ0) is 18.8. The highest BCUT2D eigenvalue weighted by molar-refractivity contribution is 7.08. The number of hydrogen-bond acceptors (Lipinski definition) is 4. The van der Waals surface area contributed by atoms with E-state index in [1.807, 2.05) is 29.8 Å². The first kappa shape index (κ1) is 18.8.